The Bertz CT molecular complexity index is 1080. The summed E-state index contributed by atoms with van der Waals surface area (Å²) in [7, 11) is 1.76. The molecule has 0 unspecified atom stereocenters. The highest BCUT2D eigenvalue weighted by Crippen LogP contribution is 2.32. The van der Waals surface area contributed by atoms with Crippen molar-refractivity contribution in [3.63, 3.8) is 0 Å². The van der Waals surface area contributed by atoms with Gasteiger partial charge in [0.05, 0.1) is 24.1 Å². The molecule has 3 N–H and O–H groups in total. The number of hydrogen-bond acceptors (Lipinski definition) is 5. The van der Waals surface area contributed by atoms with Crippen LogP contribution in [-0.4, -0.2) is 61.2 Å². The van der Waals surface area contributed by atoms with E-state index >= 15 is 0 Å². The molecule has 0 aromatic heterocycles. The summed E-state index contributed by atoms with van der Waals surface area (Å²) < 4.78 is 12.3. The molecule has 4 rings (SSSR count). The zero-order valence-electron chi connectivity index (χ0n) is 20.8. The number of benzene rings is 2. The zero-order valence-corrected chi connectivity index (χ0v) is 20.8. The van der Waals surface area contributed by atoms with E-state index in [9.17, 15) is 14.4 Å². The van der Waals surface area contributed by atoms with Crippen molar-refractivity contribution in [2.45, 2.75) is 57.4 Å². The third-order valence-corrected chi connectivity index (χ3v) is 6.55. The molecule has 0 radical (unpaired) electrons. The maximum Gasteiger partial charge on any atom is 0.319 e. The molecule has 2 aliphatic rings. The molecule has 2 aromatic carbocycles. The summed E-state index contributed by atoms with van der Waals surface area (Å²) in [5.41, 5.74) is 1.96. The molecule has 3 atom stereocenters. The normalized spacial score (nSPS) is 21.2. The molecule has 192 valence electrons. The van der Waals surface area contributed by atoms with E-state index in [4.69, 9.17) is 9.47 Å². The molecule has 1 saturated heterocycles. The molecule has 1 fully saturated rings. The number of anilines is 1. The lowest BCUT2D eigenvalue weighted by Crippen LogP contribution is -2.53. The number of rotatable bonds is 7. The average Bonchev–Trinajstić information content (AvgIpc) is 2.89. The topological polar surface area (TPSA) is 109 Å². The van der Waals surface area contributed by atoms with Crippen molar-refractivity contribution in [3.05, 3.63) is 59.7 Å². The molecular weight excluding hydrogens is 460 g/mol. The van der Waals surface area contributed by atoms with Crippen LogP contribution in [0.15, 0.2) is 48.5 Å². The number of amides is 4. The van der Waals surface area contributed by atoms with E-state index < -0.39 is 0 Å². The summed E-state index contributed by atoms with van der Waals surface area (Å²) in [5, 5.41) is 8.46. The predicted octanol–water partition coefficient (Wildman–Crippen LogP) is 3.31. The van der Waals surface area contributed by atoms with E-state index in [0.29, 0.717) is 42.9 Å². The Labute approximate surface area is 211 Å². The van der Waals surface area contributed by atoms with Crippen LogP contribution in [-0.2, 0) is 16.1 Å². The van der Waals surface area contributed by atoms with Crippen LogP contribution < -0.4 is 20.7 Å². The smallest absolute Gasteiger partial charge is 0.319 e. The molecule has 0 bridgehead atoms. The quantitative estimate of drug-likeness (QED) is 0.547. The van der Waals surface area contributed by atoms with E-state index in [0.717, 1.165) is 12.0 Å². The first-order chi connectivity index (χ1) is 17.4. The summed E-state index contributed by atoms with van der Waals surface area (Å²) in [6.45, 7) is 3.29. The van der Waals surface area contributed by atoms with Gasteiger partial charge < -0.3 is 30.3 Å². The maximum absolute atomic E-state index is 13.3. The average molecular weight is 495 g/mol. The minimum atomic E-state index is -0.342. The van der Waals surface area contributed by atoms with Gasteiger partial charge >= 0.3 is 6.03 Å². The first-order valence-corrected chi connectivity index (χ1v) is 12.5. The highest BCUT2D eigenvalue weighted by atomic mass is 16.5. The fourth-order valence-corrected chi connectivity index (χ4v) is 4.59. The molecule has 2 aromatic rings. The van der Waals surface area contributed by atoms with E-state index in [2.05, 4.69) is 16.0 Å². The molecule has 9 heteroatoms. The first-order valence-electron chi connectivity index (χ1n) is 12.5. The molecule has 9 nitrogen and oxygen atoms in total. The fraction of sp³-hybridized carbons (Fsp3) is 0.444. The van der Waals surface area contributed by atoms with E-state index in [-0.39, 0.29) is 49.1 Å². The van der Waals surface area contributed by atoms with Crippen LogP contribution >= 0.6 is 0 Å². The van der Waals surface area contributed by atoms with Crippen molar-refractivity contribution in [1.82, 2.24) is 15.5 Å². The monoisotopic (exact) mass is 494 g/mol. The standard InChI is InChI=1S/C27H34N4O5/c1-3-13-28-27(34)30-19-9-12-23-21(14-19)26(33)31(2)22-11-10-20(36-24(22)17-35-23)15-25(32)29-16-18-7-5-4-6-8-18/h4-9,12,14,20,22,24H,3,10-11,13,15-17H2,1-2H3,(H,29,32)(H2,28,30,34)/t20-,22-,24-/m0/s1. The van der Waals surface area contributed by atoms with Gasteiger partial charge in [-0.2, -0.15) is 0 Å². The van der Waals surface area contributed by atoms with Crippen LogP contribution in [0.1, 0.15) is 48.5 Å². The lowest BCUT2D eigenvalue weighted by atomic mass is 9.94. The van der Waals surface area contributed by atoms with Gasteiger partial charge in [0.1, 0.15) is 18.5 Å². The fourth-order valence-electron chi connectivity index (χ4n) is 4.59. The van der Waals surface area contributed by atoms with Gasteiger partial charge in [0.2, 0.25) is 5.91 Å². The third kappa shape index (κ3) is 6.34. The number of hydrogen-bond donors (Lipinski definition) is 3. The van der Waals surface area contributed by atoms with Crippen molar-refractivity contribution < 1.29 is 23.9 Å². The molecular formula is C27H34N4O5. The SMILES string of the molecule is CCCNC(=O)Nc1ccc2c(c1)C(=O)N(C)[C@H]1CC[C@@H](CC(=O)NCc3ccccc3)O[C@H]1CO2. The van der Waals surface area contributed by atoms with Crippen molar-refractivity contribution in [2.24, 2.45) is 0 Å². The second-order valence-electron chi connectivity index (χ2n) is 9.23. The minimum absolute atomic E-state index is 0.0631. The number of carbonyl (C=O) groups is 3. The Kier molecular flexibility index (Phi) is 8.43. The number of carbonyl (C=O) groups excluding carboxylic acids is 3. The Morgan fingerprint density at radius 1 is 1.08 bits per heavy atom. The predicted molar refractivity (Wildman–Crippen MR) is 136 cm³/mol. The molecule has 36 heavy (non-hydrogen) atoms. The summed E-state index contributed by atoms with van der Waals surface area (Å²) in [5.74, 6) is 0.183. The number of ether oxygens (including phenoxy) is 2. The van der Waals surface area contributed by atoms with Crippen molar-refractivity contribution in [2.75, 3.05) is 25.5 Å². The van der Waals surface area contributed by atoms with Gasteiger partial charge in [0, 0.05) is 25.8 Å². The molecule has 0 saturated carbocycles. The maximum atomic E-state index is 13.3. The summed E-state index contributed by atoms with van der Waals surface area (Å²) in [4.78, 5) is 39.5. The van der Waals surface area contributed by atoms with Gasteiger partial charge in [-0.05, 0) is 43.0 Å². The van der Waals surface area contributed by atoms with E-state index in [1.807, 2.05) is 37.3 Å². The van der Waals surface area contributed by atoms with Crippen molar-refractivity contribution in [1.29, 1.82) is 0 Å². The molecule has 2 heterocycles. The van der Waals surface area contributed by atoms with Crippen molar-refractivity contribution >= 4 is 23.5 Å². The van der Waals surface area contributed by atoms with Gasteiger partial charge in [0.25, 0.3) is 5.91 Å². The Balaban J connectivity index is 1.37. The molecule has 0 aliphatic carbocycles. The van der Waals surface area contributed by atoms with E-state index in [1.165, 1.54) is 0 Å². The van der Waals surface area contributed by atoms with Crippen LogP contribution in [0.4, 0.5) is 10.5 Å². The van der Waals surface area contributed by atoms with Gasteiger partial charge in [-0.25, -0.2) is 4.79 Å². The Morgan fingerprint density at radius 3 is 2.67 bits per heavy atom. The van der Waals surface area contributed by atoms with Crippen LogP contribution in [0.2, 0.25) is 0 Å². The van der Waals surface area contributed by atoms with Gasteiger partial charge in [-0.3, -0.25) is 9.59 Å². The Hall–Kier alpha value is -3.59. The second-order valence-corrected chi connectivity index (χ2v) is 9.23. The van der Waals surface area contributed by atoms with Gasteiger partial charge in [0.15, 0.2) is 0 Å². The van der Waals surface area contributed by atoms with Gasteiger partial charge in [-0.1, -0.05) is 37.3 Å². The largest absolute Gasteiger partial charge is 0.490 e. The molecule has 2 aliphatic heterocycles. The minimum Gasteiger partial charge on any atom is -0.490 e. The zero-order chi connectivity index (χ0) is 25.5. The lowest BCUT2D eigenvalue weighted by Gasteiger charge is -2.42. The summed E-state index contributed by atoms with van der Waals surface area (Å²) in [6.07, 6.45) is 1.90. The van der Waals surface area contributed by atoms with Gasteiger partial charge in [-0.15, -0.1) is 0 Å². The first kappa shape index (κ1) is 25.5. The van der Waals surface area contributed by atoms with E-state index in [1.54, 1.807) is 30.1 Å². The molecule has 0 spiro atoms. The second kappa shape index (κ2) is 11.9. The highest BCUT2D eigenvalue weighted by molar-refractivity contribution is 5.99. The Morgan fingerprint density at radius 2 is 1.89 bits per heavy atom. The van der Waals surface area contributed by atoms with Crippen molar-refractivity contribution in [3.8, 4) is 5.75 Å². The summed E-state index contributed by atoms with van der Waals surface area (Å²) >= 11 is 0. The number of likely N-dealkylation sites (N-methyl/N-ethyl adjacent to an activating group) is 1. The van der Waals surface area contributed by atoms with Crippen LogP contribution in [0.5, 0.6) is 5.75 Å². The van der Waals surface area contributed by atoms with Crippen LogP contribution in [0.3, 0.4) is 0 Å². The summed E-state index contributed by atoms with van der Waals surface area (Å²) in [6, 6.07) is 14.3. The highest BCUT2D eigenvalue weighted by Gasteiger charge is 2.39. The third-order valence-electron chi connectivity index (χ3n) is 6.55. The number of urea groups is 1. The van der Waals surface area contributed by atoms with Crippen LogP contribution in [0.25, 0.3) is 0 Å². The number of fused-ring (bicyclic) bond motifs is 2. The number of nitrogens with zero attached hydrogens (tertiary/aromatic N) is 1. The molecule has 4 amide bonds. The van der Waals surface area contributed by atoms with Crippen LogP contribution in [0, 0.1) is 0 Å². The lowest BCUT2D eigenvalue weighted by molar-refractivity contribution is -0.134. The number of nitrogens with one attached hydrogen (secondary N) is 3.